The largest absolute Gasteiger partial charge is 0.381 e. The number of carbonyl (C=O) groups excluding carboxylic acids is 1. The number of ether oxygens (including phenoxy) is 1. The van der Waals surface area contributed by atoms with Gasteiger partial charge >= 0.3 is 6.03 Å². The second kappa shape index (κ2) is 7.36. The number of halogens is 1. The van der Waals surface area contributed by atoms with Gasteiger partial charge in [0, 0.05) is 30.5 Å². The zero-order valence-electron chi connectivity index (χ0n) is 10.8. The fourth-order valence-electron chi connectivity index (χ4n) is 2.17. The predicted octanol–water partition coefficient (Wildman–Crippen LogP) is 3.28. The highest BCUT2D eigenvalue weighted by molar-refractivity contribution is 6.30. The molecule has 0 saturated carbocycles. The number of hydrogen-bond acceptors (Lipinski definition) is 2. The first-order valence-corrected chi connectivity index (χ1v) is 7.00. The summed E-state index contributed by atoms with van der Waals surface area (Å²) in [7, 11) is 0. The Kier molecular flexibility index (Phi) is 5.48. The monoisotopic (exact) mass is 282 g/mol. The van der Waals surface area contributed by atoms with E-state index in [1.165, 1.54) is 0 Å². The number of hydrogen-bond donors (Lipinski definition) is 2. The van der Waals surface area contributed by atoms with E-state index in [1.807, 2.05) is 6.07 Å². The molecule has 0 radical (unpaired) electrons. The van der Waals surface area contributed by atoms with E-state index in [1.54, 1.807) is 18.2 Å². The Morgan fingerprint density at radius 3 is 2.89 bits per heavy atom. The zero-order chi connectivity index (χ0) is 13.5. The van der Waals surface area contributed by atoms with E-state index in [-0.39, 0.29) is 6.03 Å². The van der Waals surface area contributed by atoms with Crippen molar-refractivity contribution in [3.63, 3.8) is 0 Å². The maximum absolute atomic E-state index is 11.7. The first kappa shape index (κ1) is 14.2. The molecule has 1 heterocycles. The maximum atomic E-state index is 11.7. The number of anilines is 1. The number of nitrogens with one attached hydrogen (secondary N) is 2. The van der Waals surface area contributed by atoms with E-state index >= 15 is 0 Å². The highest BCUT2D eigenvalue weighted by Gasteiger charge is 2.13. The Morgan fingerprint density at radius 1 is 1.37 bits per heavy atom. The third-order valence-corrected chi connectivity index (χ3v) is 3.50. The minimum Gasteiger partial charge on any atom is -0.381 e. The first-order chi connectivity index (χ1) is 9.24. The average molecular weight is 283 g/mol. The van der Waals surface area contributed by atoms with E-state index in [0.717, 1.165) is 32.5 Å². The van der Waals surface area contributed by atoms with Gasteiger partial charge in [0.05, 0.1) is 0 Å². The van der Waals surface area contributed by atoms with Crippen molar-refractivity contribution in [2.24, 2.45) is 5.92 Å². The van der Waals surface area contributed by atoms with E-state index < -0.39 is 0 Å². The molecule has 0 aliphatic carbocycles. The van der Waals surface area contributed by atoms with Gasteiger partial charge in [0.25, 0.3) is 0 Å². The molecule has 0 bridgehead atoms. The summed E-state index contributed by atoms with van der Waals surface area (Å²) in [6.07, 6.45) is 3.20. The molecule has 4 nitrogen and oxygen atoms in total. The highest BCUT2D eigenvalue weighted by atomic mass is 35.5. The van der Waals surface area contributed by atoms with E-state index in [0.29, 0.717) is 23.2 Å². The average Bonchev–Trinajstić information content (AvgIpc) is 2.40. The molecule has 1 aliphatic rings. The third-order valence-electron chi connectivity index (χ3n) is 3.26. The van der Waals surface area contributed by atoms with Crippen LogP contribution in [-0.2, 0) is 4.74 Å². The molecule has 0 unspecified atom stereocenters. The summed E-state index contributed by atoms with van der Waals surface area (Å²) in [5.41, 5.74) is 0.705. The van der Waals surface area contributed by atoms with Crippen molar-refractivity contribution in [3.8, 4) is 0 Å². The molecule has 1 aromatic carbocycles. The maximum Gasteiger partial charge on any atom is 0.319 e. The van der Waals surface area contributed by atoms with E-state index in [4.69, 9.17) is 16.3 Å². The van der Waals surface area contributed by atoms with Crippen LogP contribution in [0.25, 0.3) is 0 Å². The van der Waals surface area contributed by atoms with Crippen molar-refractivity contribution in [3.05, 3.63) is 29.3 Å². The molecule has 19 heavy (non-hydrogen) atoms. The van der Waals surface area contributed by atoms with Gasteiger partial charge in [-0.2, -0.15) is 0 Å². The van der Waals surface area contributed by atoms with E-state index in [9.17, 15) is 4.79 Å². The van der Waals surface area contributed by atoms with Gasteiger partial charge in [0.2, 0.25) is 0 Å². The number of amides is 2. The molecule has 1 aromatic rings. The molecule has 1 saturated heterocycles. The number of benzene rings is 1. The van der Waals surface area contributed by atoms with Crippen LogP contribution in [0.15, 0.2) is 24.3 Å². The fraction of sp³-hybridized carbons (Fsp3) is 0.500. The lowest BCUT2D eigenvalue weighted by molar-refractivity contribution is 0.0642. The van der Waals surface area contributed by atoms with Crippen LogP contribution in [0.2, 0.25) is 5.02 Å². The Balaban J connectivity index is 1.67. The van der Waals surface area contributed by atoms with Gasteiger partial charge in [-0.25, -0.2) is 4.79 Å². The van der Waals surface area contributed by atoms with Gasteiger partial charge in [-0.1, -0.05) is 17.7 Å². The fourth-order valence-corrected chi connectivity index (χ4v) is 2.36. The quantitative estimate of drug-likeness (QED) is 0.890. The van der Waals surface area contributed by atoms with Gasteiger partial charge in [-0.05, 0) is 43.4 Å². The van der Waals surface area contributed by atoms with Crippen molar-refractivity contribution in [1.82, 2.24) is 5.32 Å². The van der Waals surface area contributed by atoms with Crippen LogP contribution < -0.4 is 10.6 Å². The van der Waals surface area contributed by atoms with Crippen molar-refractivity contribution >= 4 is 23.3 Å². The molecule has 2 rings (SSSR count). The lowest BCUT2D eigenvalue weighted by atomic mass is 9.97. The van der Waals surface area contributed by atoms with Crippen molar-refractivity contribution in [1.29, 1.82) is 0 Å². The minimum atomic E-state index is -0.186. The first-order valence-electron chi connectivity index (χ1n) is 6.62. The Labute approximate surface area is 118 Å². The molecule has 2 amide bonds. The predicted molar refractivity (Wildman–Crippen MR) is 76.6 cm³/mol. The molecule has 1 aliphatic heterocycles. The highest BCUT2D eigenvalue weighted by Crippen LogP contribution is 2.17. The number of carbonyl (C=O) groups is 1. The van der Waals surface area contributed by atoms with E-state index in [2.05, 4.69) is 10.6 Å². The summed E-state index contributed by atoms with van der Waals surface area (Å²) >= 11 is 5.85. The normalized spacial score (nSPS) is 16.1. The lowest BCUT2D eigenvalue weighted by Crippen LogP contribution is -2.31. The van der Waals surface area contributed by atoms with Crippen molar-refractivity contribution < 1.29 is 9.53 Å². The molecule has 1 fully saturated rings. The summed E-state index contributed by atoms with van der Waals surface area (Å²) in [6.45, 7) is 2.38. The Bertz CT molecular complexity index is 420. The van der Waals surface area contributed by atoms with Gasteiger partial charge in [-0.3, -0.25) is 0 Å². The summed E-state index contributed by atoms with van der Waals surface area (Å²) in [6, 6.07) is 6.92. The van der Waals surface area contributed by atoms with Gasteiger partial charge in [0.1, 0.15) is 0 Å². The van der Waals surface area contributed by atoms with Crippen LogP contribution in [0.3, 0.4) is 0 Å². The second-order valence-corrected chi connectivity index (χ2v) is 5.17. The van der Waals surface area contributed by atoms with Gasteiger partial charge in [0.15, 0.2) is 0 Å². The van der Waals surface area contributed by atoms with Crippen LogP contribution >= 0.6 is 11.6 Å². The minimum absolute atomic E-state index is 0.186. The second-order valence-electron chi connectivity index (χ2n) is 4.74. The molecule has 0 aromatic heterocycles. The standard InChI is InChI=1S/C14H19ClN2O2/c15-12-2-1-3-13(10-12)17-14(18)16-7-4-11-5-8-19-9-6-11/h1-3,10-11H,4-9H2,(H2,16,17,18). The van der Waals surface area contributed by atoms with Crippen molar-refractivity contribution in [2.45, 2.75) is 19.3 Å². The third kappa shape index (κ3) is 5.09. The number of rotatable bonds is 4. The molecular formula is C14H19ClN2O2. The Morgan fingerprint density at radius 2 is 2.16 bits per heavy atom. The van der Waals surface area contributed by atoms with Crippen molar-refractivity contribution in [2.75, 3.05) is 25.1 Å². The Hall–Kier alpha value is -1.26. The smallest absolute Gasteiger partial charge is 0.319 e. The van der Waals surface area contributed by atoms with Gasteiger partial charge in [-0.15, -0.1) is 0 Å². The van der Waals surface area contributed by atoms with Crippen LogP contribution in [-0.4, -0.2) is 25.8 Å². The SMILES string of the molecule is O=C(NCCC1CCOCC1)Nc1cccc(Cl)c1. The molecule has 0 spiro atoms. The van der Waals surface area contributed by atoms with Crippen LogP contribution in [0.4, 0.5) is 10.5 Å². The molecule has 0 atom stereocenters. The summed E-state index contributed by atoms with van der Waals surface area (Å²) in [5, 5.41) is 6.24. The molecule has 2 N–H and O–H groups in total. The zero-order valence-corrected chi connectivity index (χ0v) is 11.6. The van der Waals surface area contributed by atoms with Gasteiger partial charge < -0.3 is 15.4 Å². The summed E-state index contributed by atoms with van der Waals surface area (Å²) < 4.78 is 5.31. The number of urea groups is 1. The lowest BCUT2D eigenvalue weighted by Gasteiger charge is -2.21. The van der Waals surface area contributed by atoms with Crippen LogP contribution in [0, 0.1) is 5.92 Å². The summed E-state index contributed by atoms with van der Waals surface area (Å²) in [4.78, 5) is 11.7. The summed E-state index contributed by atoms with van der Waals surface area (Å²) in [5.74, 6) is 0.667. The molecular weight excluding hydrogens is 264 g/mol. The van der Waals surface area contributed by atoms with Crippen LogP contribution in [0.1, 0.15) is 19.3 Å². The van der Waals surface area contributed by atoms with Crippen LogP contribution in [0.5, 0.6) is 0 Å². The molecule has 104 valence electrons. The topological polar surface area (TPSA) is 50.4 Å². The molecule has 5 heteroatoms.